The van der Waals surface area contributed by atoms with Crippen LogP contribution in [-0.4, -0.2) is 41.7 Å². The molecule has 1 saturated heterocycles. The SMILES string of the molecule is O=C(Nc1ccc(-c2cscn2)cc1)N(CC1CC1)CC1CCCO1. The lowest BCUT2D eigenvalue weighted by atomic mass is 10.1. The lowest BCUT2D eigenvalue weighted by Gasteiger charge is -2.25. The van der Waals surface area contributed by atoms with Crippen LogP contribution in [0.5, 0.6) is 0 Å². The van der Waals surface area contributed by atoms with Crippen molar-refractivity contribution >= 4 is 23.1 Å². The van der Waals surface area contributed by atoms with Crippen molar-refractivity contribution in [3.8, 4) is 11.3 Å². The maximum atomic E-state index is 12.7. The van der Waals surface area contributed by atoms with Crippen LogP contribution in [0.2, 0.25) is 0 Å². The Morgan fingerprint density at radius 3 is 2.72 bits per heavy atom. The van der Waals surface area contributed by atoms with Crippen LogP contribution in [0.4, 0.5) is 10.5 Å². The highest BCUT2D eigenvalue weighted by atomic mass is 32.1. The molecule has 1 aromatic carbocycles. The Labute approximate surface area is 152 Å². The molecule has 4 rings (SSSR count). The molecule has 1 aromatic heterocycles. The third-order valence-corrected chi connectivity index (χ3v) is 5.36. The van der Waals surface area contributed by atoms with Crippen molar-refractivity contribution in [1.82, 2.24) is 9.88 Å². The third-order valence-electron chi connectivity index (χ3n) is 4.77. The molecule has 1 unspecified atom stereocenters. The molecule has 25 heavy (non-hydrogen) atoms. The van der Waals surface area contributed by atoms with Crippen LogP contribution in [0.15, 0.2) is 35.2 Å². The number of anilines is 1. The van der Waals surface area contributed by atoms with E-state index in [0.29, 0.717) is 12.5 Å². The number of ether oxygens (including phenoxy) is 1. The molecular weight excluding hydrogens is 334 g/mol. The van der Waals surface area contributed by atoms with E-state index in [4.69, 9.17) is 4.74 Å². The van der Waals surface area contributed by atoms with Crippen LogP contribution in [0, 0.1) is 5.92 Å². The summed E-state index contributed by atoms with van der Waals surface area (Å²) in [6.45, 7) is 2.35. The van der Waals surface area contributed by atoms with Gasteiger partial charge in [-0.2, -0.15) is 0 Å². The van der Waals surface area contributed by atoms with E-state index in [1.807, 2.05) is 40.1 Å². The van der Waals surface area contributed by atoms with Crippen molar-refractivity contribution < 1.29 is 9.53 Å². The fourth-order valence-electron chi connectivity index (χ4n) is 3.17. The van der Waals surface area contributed by atoms with Gasteiger partial charge < -0.3 is 15.0 Å². The summed E-state index contributed by atoms with van der Waals surface area (Å²) in [4.78, 5) is 19.0. The average molecular weight is 357 g/mol. The Balaban J connectivity index is 1.39. The van der Waals surface area contributed by atoms with Crippen LogP contribution < -0.4 is 5.32 Å². The van der Waals surface area contributed by atoms with E-state index in [-0.39, 0.29) is 12.1 Å². The average Bonchev–Trinajstić information content (AvgIpc) is 3.08. The molecule has 6 heteroatoms. The number of carbonyl (C=O) groups excluding carboxylic acids is 1. The quantitative estimate of drug-likeness (QED) is 0.841. The zero-order chi connectivity index (χ0) is 17.1. The molecule has 0 spiro atoms. The summed E-state index contributed by atoms with van der Waals surface area (Å²) in [6.07, 6.45) is 4.81. The number of nitrogens with one attached hydrogen (secondary N) is 1. The zero-order valence-corrected chi connectivity index (χ0v) is 15.0. The number of nitrogens with zero attached hydrogens (tertiary/aromatic N) is 2. The molecule has 1 aliphatic carbocycles. The number of hydrogen-bond acceptors (Lipinski definition) is 4. The van der Waals surface area contributed by atoms with Gasteiger partial charge >= 0.3 is 6.03 Å². The normalized spacial score (nSPS) is 19.8. The van der Waals surface area contributed by atoms with Crippen molar-refractivity contribution in [2.45, 2.75) is 31.8 Å². The number of rotatable bonds is 6. The van der Waals surface area contributed by atoms with Crippen molar-refractivity contribution in [3.63, 3.8) is 0 Å². The third kappa shape index (κ3) is 4.38. The van der Waals surface area contributed by atoms with E-state index < -0.39 is 0 Å². The molecule has 2 aliphatic rings. The molecule has 2 heterocycles. The number of thiazole rings is 1. The van der Waals surface area contributed by atoms with Gasteiger partial charge in [-0.25, -0.2) is 9.78 Å². The van der Waals surface area contributed by atoms with Crippen LogP contribution in [-0.2, 0) is 4.74 Å². The van der Waals surface area contributed by atoms with Gasteiger partial charge in [-0.3, -0.25) is 0 Å². The molecule has 0 bridgehead atoms. The largest absolute Gasteiger partial charge is 0.376 e. The van der Waals surface area contributed by atoms with E-state index in [9.17, 15) is 4.79 Å². The lowest BCUT2D eigenvalue weighted by Crippen LogP contribution is -2.41. The van der Waals surface area contributed by atoms with Crippen LogP contribution in [0.1, 0.15) is 25.7 Å². The second kappa shape index (κ2) is 7.54. The van der Waals surface area contributed by atoms with E-state index in [1.54, 1.807) is 11.3 Å². The van der Waals surface area contributed by atoms with Crippen molar-refractivity contribution in [3.05, 3.63) is 35.2 Å². The molecule has 0 radical (unpaired) electrons. The molecule has 1 aliphatic heterocycles. The van der Waals surface area contributed by atoms with E-state index in [1.165, 1.54) is 12.8 Å². The number of amides is 2. The van der Waals surface area contributed by atoms with Gasteiger partial charge in [0.2, 0.25) is 0 Å². The van der Waals surface area contributed by atoms with Gasteiger partial charge in [0.25, 0.3) is 0 Å². The molecule has 1 atom stereocenters. The van der Waals surface area contributed by atoms with Gasteiger partial charge in [-0.1, -0.05) is 12.1 Å². The van der Waals surface area contributed by atoms with Gasteiger partial charge in [-0.05, 0) is 43.7 Å². The molecule has 5 nitrogen and oxygen atoms in total. The van der Waals surface area contributed by atoms with Gasteiger partial charge in [0.1, 0.15) is 0 Å². The minimum atomic E-state index is -0.0243. The molecule has 1 saturated carbocycles. The summed E-state index contributed by atoms with van der Waals surface area (Å²) < 4.78 is 5.72. The first-order valence-corrected chi connectivity index (χ1v) is 9.88. The standard InChI is InChI=1S/C19H23N3O2S/c23-19(22(10-14-3-4-14)11-17-2-1-9-24-17)21-16-7-5-15(6-8-16)18-12-25-13-20-18/h5-8,12-14,17H,1-4,9-11H2,(H,21,23). The summed E-state index contributed by atoms with van der Waals surface area (Å²) in [5.41, 5.74) is 4.67. The lowest BCUT2D eigenvalue weighted by molar-refractivity contribution is 0.0825. The summed E-state index contributed by atoms with van der Waals surface area (Å²) in [7, 11) is 0. The van der Waals surface area contributed by atoms with Crippen LogP contribution in [0.25, 0.3) is 11.3 Å². The number of carbonyl (C=O) groups is 1. The van der Waals surface area contributed by atoms with Crippen LogP contribution >= 0.6 is 11.3 Å². The molecule has 132 valence electrons. The van der Waals surface area contributed by atoms with Gasteiger partial charge in [-0.15, -0.1) is 11.3 Å². The van der Waals surface area contributed by atoms with Crippen molar-refractivity contribution in [2.24, 2.45) is 5.92 Å². The van der Waals surface area contributed by atoms with Gasteiger partial charge in [0.05, 0.1) is 17.3 Å². The number of aromatic nitrogens is 1. The predicted molar refractivity (Wildman–Crippen MR) is 99.8 cm³/mol. The molecule has 1 N–H and O–H groups in total. The first-order valence-electron chi connectivity index (χ1n) is 8.94. The maximum absolute atomic E-state index is 12.7. The first-order chi connectivity index (χ1) is 12.3. The highest BCUT2D eigenvalue weighted by molar-refractivity contribution is 7.07. The fourth-order valence-corrected chi connectivity index (χ4v) is 3.73. The first kappa shape index (κ1) is 16.5. The second-order valence-corrected chi connectivity index (χ2v) is 7.58. The fraction of sp³-hybridized carbons (Fsp3) is 0.474. The molecule has 2 amide bonds. The molecule has 2 aromatic rings. The Bertz CT molecular complexity index is 692. The predicted octanol–water partition coefficient (Wildman–Crippen LogP) is 4.23. The highest BCUT2D eigenvalue weighted by Gasteiger charge is 2.29. The van der Waals surface area contributed by atoms with Crippen molar-refractivity contribution in [2.75, 3.05) is 25.0 Å². The van der Waals surface area contributed by atoms with E-state index >= 15 is 0 Å². The van der Waals surface area contributed by atoms with Crippen LogP contribution in [0.3, 0.4) is 0 Å². The number of urea groups is 1. The van der Waals surface area contributed by atoms with Gasteiger partial charge in [0, 0.05) is 36.3 Å². The molecule has 2 fully saturated rings. The smallest absolute Gasteiger partial charge is 0.321 e. The Kier molecular flexibility index (Phi) is 4.99. The second-order valence-electron chi connectivity index (χ2n) is 6.86. The summed E-state index contributed by atoms with van der Waals surface area (Å²) >= 11 is 1.58. The summed E-state index contributed by atoms with van der Waals surface area (Å²) in [5.74, 6) is 0.666. The number of hydrogen-bond donors (Lipinski definition) is 1. The zero-order valence-electron chi connectivity index (χ0n) is 14.2. The van der Waals surface area contributed by atoms with E-state index in [0.717, 1.165) is 42.9 Å². The Morgan fingerprint density at radius 1 is 1.24 bits per heavy atom. The Morgan fingerprint density at radius 2 is 2.08 bits per heavy atom. The number of benzene rings is 1. The van der Waals surface area contributed by atoms with Crippen molar-refractivity contribution in [1.29, 1.82) is 0 Å². The van der Waals surface area contributed by atoms with Gasteiger partial charge in [0.15, 0.2) is 0 Å². The Hall–Kier alpha value is -1.92. The highest BCUT2D eigenvalue weighted by Crippen LogP contribution is 2.30. The monoisotopic (exact) mass is 357 g/mol. The van der Waals surface area contributed by atoms with E-state index in [2.05, 4.69) is 10.3 Å². The summed E-state index contributed by atoms with van der Waals surface area (Å²) in [5, 5.41) is 5.06. The molecular formula is C19H23N3O2S. The summed E-state index contributed by atoms with van der Waals surface area (Å²) in [6, 6.07) is 7.84. The maximum Gasteiger partial charge on any atom is 0.321 e. The topological polar surface area (TPSA) is 54.5 Å². The minimum absolute atomic E-state index is 0.0243. The minimum Gasteiger partial charge on any atom is -0.376 e.